The molecule has 0 aliphatic heterocycles. The third-order valence-corrected chi connectivity index (χ3v) is 6.71. The minimum atomic E-state index is -1.38. The molecule has 0 aliphatic carbocycles. The molecule has 4 aromatic heterocycles. The Balaban J connectivity index is 1.88. The van der Waals surface area contributed by atoms with Crippen LogP contribution in [0.2, 0.25) is 0 Å². The van der Waals surface area contributed by atoms with E-state index in [0.717, 1.165) is 31.7 Å². The Morgan fingerprint density at radius 1 is 0.882 bits per heavy atom. The van der Waals surface area contributed by atoms with Crippen molar-refractivity contribution in [2.24, 2.45) is 0 Å². The zero-order valence-electron chi connectivity index (χ0n) is 17.4. The van der Waals surface area contributed by atoms with Gasteiger partial charge >= 0.3 is 0 Å². The maximum atomic E-state index is 13.4. The van der Waals surface area contributed by atoms with Gasteiger partial charge in [0.05, 0.1) is 22.0 Å². The van der Waals surface area contributed by atoms with E-state index in [1.165, 1.54) is 24.3 Å². The Kier molecular flexibility index (Phi) is 4.87. The lowest BCUT2D eigenvalue weighted by Crippen LogP contribution is -2.29. The maximum Gasteiger partial charge on any atom is 0.283 e. The van der Waals surface area contributed by atoms with Crippen molar-refractivity contribution in [3.63, 3.8) is 0 Å². The fourth-order valence-electron chi connectivity index (χ4n) is 3.66. The lowest BCUT2D eigenvalue weighted by Gasteiger charge is -2.18. The Morgan fingerprint density at radius 2 is 1.32 bits per heavy atom. The van der Waals surface area contributed by atoms with Crippen molar-refractivity contribution in [1.82, 2.24) is 29.2 Å². The first-order chi connectivity index (χ1) is 16.2. The number of aromatic nitrogens is 6. The lowest BCUT2D eigenvalue weighted by molar-refractivity contribution is -0.384. The first-order valence-electron chi connectivity index (χ1n) is 9.58. The van der Waals surface area contributed by atoms with Crippen LogP contribution in [0, 0.1) is 24.0 Å². The molecule has 0 bridgehead atoms. The number of fused-ring (bicyclic) bond motifs is 2. The van der Waals surface area contributed by atoms with E-state index >= 15 is 0 Å². The molecular formula is C19H13N7O6S2. The molecule has 1 aromatic carbocycles. The van der Waals surface area contributed by atoms with Gasteiger partial charge in [-0.1, -0.05) is 34.8 Å². The second-order valence-electron chi connectivity index (χ2n) is 7.22. The highest BCUT2D eigenvalue weighted by atomic mass is 32.1. The van der Waals surface area contributed by atoms with Crippen LogP contribution < -0.4 is 11.1 Å². The molecule has 34 heavy (non-hydrogen) atoms. The highest BCUT2D eigenvalue weighted by Crippen LogP contribution is 2.37. The number of nitro benzene ring substituents is 1. The van der Waals surface area contributed by atoms with E-state index in [1.54, 1.807) is 13.8 Å². The summed E-state index contributed by atoms with van der Waals surface area (Å²) in [5, 5.41) is 41.9. The normalized spacial score (nSPS) is 11.6. The minimum Gasteiger partial charge on any atom is -0.493 e. The predicted molar refractivity (Wildman–Crippen MR) is 121 cm³/mol. The van der Waals surface area contributed by atoms with Gasteiger partial charge in [-0.15, -0.1) is 0 Å². The molecule has 4 heterocycles. The van der Waals surface area contributed by atoms with Gasteiger partial charge in [0, 0.05) is 12.1 Å². The van der Waals surface area contributed by atoms with Gasteiger partial charge in [-0.25, -0.2) is 0 Å². The molecule has 5 rings (SSSR count). The van der Waals surface area contributed by atoms with Crippen molar-refractivity contribution < 1.29 is 15.1 Å². The number of nitro groups is 1. The Hall–Kier alpha value is -4.24. The zero-order valence-corrected chi connectivity index (χ0v) is 19.0. The predicted octanol–water partition coefficient (Wildman–Crippen LogP) is 1.73. The van der Waals surface area contributed by atoms with E-state index in [2.05, 4.69) is 20.2 Å². The molecule has 0 unspecified atom stereocenters. The molecule has 0 saturated heterocycles. The van der Waals surface area contributed by atoms with Crippen molar-refractivity contribution in [2.75, 3.05) is 0 Å². The third-order valence-electron chi connectivity index (χ3n) is 5.07. The van der Waals surface area contributed by atoms with E-state index in [4.69, 9.17) is 0 Å². The number of hydrogen-bond acceptors (Lipinski definition) is 12. The van der Waals surface area contributed by atoms with Crippen LogP contribution in [0.3, 0.4) is 0 Å². The van der Waals surface area contributed by atoms with E-state index < -0.39 is 33.7 Å². The Labute approximate surface area is 196 Å². The average molecular weight is 499 g/mol. The van der Waals surface area contributed by atoms with Crippen LogP contribution >= 0.6 is 22.7 Å². The molecule has 0 fully saturated rings. The summed E-state index contributed by atoms with van der Waals surface area (Å²) in [6.45, 7) is 3.31. The van der Waals surface area contributed by atoms with Crippen LogP contribution in [0.5, 0.6) is 11.8 Å². The number of aryl methyl sites for hydroxylation is 2. The van der Waals surface area contributed by atoms with Gasteiger partial charge < -0.3 is 10.2 Å². The van der Waals surface area contributed by atoms with Crippen molar-refractivity contribution in [1.29, 1.82) is 0 Å². The molecule has 0 saturated carbocycles. The molecule has 0 atom stereocenters. The number of nitrogens with zero attached hydrogens (tertiary/aromatic N) is 7. The standard InChI is InChI=1S/C19H13N7O6S2/c1-7-22-24-16(29)12(14(27)20-18(24)33-7)11(9-3-5-10(6-4-9)26(31)32)13-15(28)21-19-25(17(13)30)23-8(2)34-19/h3-6,11,27-28H,1-2H3. The Morgan fingerprint density at radius 3 is 1.74 bits per heavy atom. The van der Waals surface area contributed by atoms with Crippen LogP contribution in [0.25, 0.3) is 9.92 Å². The van der Waals surface area contributed by atoms with Crippen LogP contribution in [-0.4, -0.2) is 44.3 Å². The highest BCUT2D eigenvalue weighted by Gasteiger charge is 2.33. The van der Waals surface area contributed by atoms with Gasteiger partial charge in [-0.3, -0.25) is 19.7 Å². The van der Waals surface area contributed by atoms with Gasteiger partial charge in [0.25, 0.3) is 16.8 Å². The fourth-order valence-corrected chi connectivity index (χ4v) is 5.11. The summed E-state index contributed by atoms with van der Waals surface area (Å²) in [5.74, 6) is -2.72. The van der Waals surface area contributed by atoms with Gasteiger partial charge in [0.1, 0.15) is 10.0 Å². The quantitative estimate of drug-likeness (QED) is 0.273. The van der Waals surface area contributed by atoms with Gasteiger partial charge in [0.15, 0.2) is 0 Å². The first kappa shape index (κ1) is 21.6. The smallest absolute Gasteiger partial charge is 0.283 e. The van der Waals surface area contributed by atoms with Crippen molar-refractivity contribution in [2.45, 2.75) is 19.8 Å². The summed E-state index contributed by atoms with van der Waals surface area (Å²) < 4.78 is 1.97. The molecule has 5 aromatic rings. The third kappa shape index (κ3) is 3.29. The summed E-state index contributed by atoms with van der Waals surface area (Å²) in [6.07, 6.45) is 0. The monoisotopic (exact) mass is 499 g/mol. The lowest BCUT2D eigenvalue weighted by atomic mass is 9.87. The number of benzene rings is 1. The maximum absolute atomic E-state index is 13.4. The van der Waals surface area contributed by atoms with E-state index in [0.29, 0.717) is 10.0 Å². The van der Waals surface area contributed by atoms with Crippen molar-refractivity contribution in [3.8, 4) is 11.8 Å². The molecule has 0 radical (unpaired) electrons. The second kappa shape index (κ2) is 7.67. The minimum absolute atomic E-state index is 0.135. The van der Waals surface area contributed by atoms with E-state index in [9.17, 15) is 29.9 Å². The SMILES string of the molecule is Cc1nn2c(=O)c(C(c3ccc([N+](=O)[O-])cc3)c3c(O)nc4sc(C)nn4c3=O)c(O)nc2s1. The Bertz CT molecular complexity index is 1640. The van der Waals surface area contributed by atoms with Gasteiger partial charge in [-0.2, -0.15) is 29.2 Å². The fraction of sp³-hybridized carbons (Fsp3) is 0.158. The largest absolute Gasteiger partial charge is 0.493 e. The van der Waals surface area contributed by atoms with Crippen molar-refractivity contribution in [3.05, 3.63) is 81.8 Å². The molecule has 0 amide bonds. The number of hydrogen-bond donors (Lipinski definition) is 2. The van der Waals surface area contributed by atoms with Crippen molar-refractivity contribution >= 4 is 38.3 Å². The molecule has 172 valence electrons. The molecular weight excluding hydrogens is 486 g/mol. The van der Waals surface area contributed by atoms with Crippen LogP contribution in [0.4, 0.5) is 5.69 Å². The summed E-state index contributed by atoms with van der Waals surface area (Å²) >= 11 is 2.16. The molecule has 0 spiro atoms. The highest BCUT2D eigenvalue weighted by molar-refractivity contribution is 7.16. The number of non-ortho nitro benzene ring substituents is 1. The molecule has 2 N–H and O–H groups in total. The summed E-state index contributed by atoms with van der Waals surface area (Å²) in [5.41, 5.74) is -2.26. The second-order valence-corrected chi connectivity index (χ2v) is 9.54. The molecule has 15 heteroatoms. The van der Waals surface area contributed by atoms with E-state index in [1.807, 2.05) is 0 Å². The summed E-state index contributed by atoms with van der Waals surface area (Å²) in [4.78, 5) is 45.7. The van der Waals surface area contributed by atoms with E-state index in [-0.39, 0.29) is 32.3 Å². The number of rotatable bonds is 4. The topological polar surface area (TPSA) is 178 Å². The van der Waals surface area contributed by atoms with Crippen LogP contribution in [0.1, 0.15) is 32.6 Å². The van der Waals surface area contributed by atoms with Gasteiger partial charge in [0.2, 0.25) is 21.7 Å². The average Bonchev–Trinajstić information content (AvgIpc) is 3.34. The first-order valence-corrected chi connectivity index (χ1v) is 11.2. The molecule has 0 aliphatic rings. The van der Waals surface area contributed by atoms with Crippen LogP contribution in [-0.2, 0) is 0 Å². The zero-order chi connectivity index (χ0) is 24.3. The van der Waals surface area contributed by atoms with Crippen LogP contribution in [0.15, 0.2) is 33.9 Å². The summed E-state index contributed by atoms with van der Waals surface area (Å²) in [6, 6.07) is 5.01. The van der Waals surface area contributed by atoms with Gasteiger partial charge in [-0.05, 0) is 19.4 Å². The molecule has 13 nitrogen and oxygen atoms in total. The summed E-state index contributed by atoms with van der Waals surface area (Å²) in [7, 11) is 0. The number of aromatic hydroxyl groups is 2.